The molecule has 5 nitrogen and oxygen atoms in total. The molecule has 21 heavy (non-hydrogen) atoms. The summed E-state index contributed by atoms with van der Waals surface area (Å²) in [7, 11) is -5.41. The van der Waals surface area contributed by atoms with E-state index in [1.807, 2.05) is 0 Å². The van der Waals surface area contributed by atoms with Crippen LogP contribution in [0.4, 0.5) is 18.9 Å². The van der Waals surface area contributed by atoms with E-state index in [2.05, 4.69) is 15.5 Å². The first-order valence-electron chi connectivity index (χ1n) is 5.89. The third kappa shape index (κ3) is 3.02. The van der Waals surface area contributed by atoms with Crippen LogP contribution < -0.4 is 5.32 Å². The lowest BCUT2D eigenvalue weighted by Gasteiger charge is -2.17. The Labute approximate surface area is 119 Å². The van der Waals surface area contributed by atoms with Crippen LogP contribution in [-0.4, -0.2) is 24.1 Å². The average Bonchev–Trinajstić information content (AvgIpc) is 2.91. The van der Waals surface area contributed by atoms with Crippen LogP contribution in [-0.2, 0) is 9.84 Å². The van der Waals surface area contributed by atoms with Crippen LogP contribution in [0.3, 0.4) is 0 Å². The van der Waals surface area contributed by atoms with E-state index < -0.39 is 26.3 Å². The fourth-order valence-corrected chi connectivity index (χ4v) is 2.68. The van der Waals surface area contributed by atoms with Gasteiger partial charge >= 0.3 is 5.51 Å². The summed E-state index contributed by atoms with van der Waals surface area (Å²) in [5.41, 5.74) is -4.76. The van der Waals surface area contributed by atoms with E-state index in [4.69, 9.17) is 0 Å². The molecule has 0 radical (unpaired) electrons. The van der Waals surface area contributed by atoms with Crippen LogP contribution in [0.15, 0.2) is 41.6 Å². The predicted molar refractivity (Wildman–Crippen MR) is 70.3 cm³/mol. The molecule has 0 saturated carbocycles. The molecule has 0 spiro atoms. The summed E-state index contributed by atoms with van der Waals surface area (Å²) in [5, 5.41) is 9.06. The van der Waals surface area contributed by atoms with Crippen molar-refractivity contribution in [1.82, 2.24) is 10.2 Å². The first-order chi connectivity index (χ1) is 9.73. The van der Waals surface area contributed by atoms with Crippen molar-refractivity contribution in [1.29, 1.82) is 0 Å². The lowest BCUT2D eigenvalue weighted by molar-refractivity contribution is -0.0435. The van der Waals surface area contributed by atoms with Crippen molar-refractivity contribution in [2.75, 3.05) is 5.32 Å². The summed E-state index contributed by atoms with van der Waals surface area (Å²) in [5.74, 6) is 0. The highest BCUT2D eigenvalue weighted by atomic mass is 32.2. The van der Waals surface area contributed by atoms with Crippen molar-refractivity contribution in [3.63, 3.8) is 0 Å². The van der Waals surface area contributed by atoms with Crippen LogP contribution >= 0.6 is 0 Å². The first-order valence-corrected chi connectivity index (χ1v) is 7.37. The van der Waals surface area contributed by atoms with Crippen molar-refractivity contribution in [2.45, 2.75) is 23.4 Å². The Bertz CT molecular complexity index is 712. The molecule has 114 valence electrons. The van der Waals surface area contributed by atoms with Crippen molar-refractivity contribution in [3.05, 3.63) is 42.2 Å². The number of H-pyrrole nitrogens is 1. The van der Waals surface area contributed by atoms with Gasteiger partial charge in [0.15, 0.2) is 0 Å². The number of anilines is 1. The Morgan fingerprint density at radius 2 is 1.95 bits per heavy atom. The van der Waals surface area contributed by atoms with Crippen molar-refractivity contribution in [3.8, 4) is 0 Å². The second-order valence-corrected chi connectivity index (χ2v) is 6.25. The van der Waals surface area contributed by atoms with Crippen LogP contribution in [0.2, 0.25) is 0 Å². The minimum Gasteiger partial charge on any atom is -0.377 e. The molecule has 9 heteroatoms. The summed E-state index contributed by atoms with van der Waals surface area (Å²) in [6.45, 7) is 1.68. The number of alkyl halides is 3. The van der Waals surface area contributed by atoms with Gasteiger partial charge in [-0.1, -0.05) is 12.1 Å². The SMILES string of the molecule is CC(Nc1ccccc1S(=O)(=O)C(F)(F)F)c1cn[nH]c1. The molecule has 0 bridgehead atoms. The number of rotatable bonds is 4. The number of aromatic amines is 1. The fourth-order valence-electron chi connectivity index (χ4n) is 1.76. The number of nitrogens with zero attached hydrogens (tertiary/aromatic N) is 1. The van der Waals surface area contributed by atoms with Gasteiger partial charge in [0, 0.05) is 11.8 Å². The molecule has 0 aliphatic carbocycles. The lowest BCUT2D eigenvalue weighted by Crippen LogP contribution is -2.24. The van der Waals surface area contributed by atoms with Gasteiger partial charge in [-0.3, -0.25) is 5.10 Å². The van der Waals surface area contributed by atoms with Crippen LogP contribution in [0.1, 0.15) is 18.5 Å². The Morgan fingerprint density at radius 1 is 1.29 bits per heavy atom. The third-order valence-electron chi connectivity index (χ3n) is 2.87. The molecule has 2 N–H and O–H groups in total. The number of benzene rings is 1. The van der Waals surface area contributed by atoms with Crippen molar-refractivity contribution >= 4 is 15.5 Å². The standard InChI is InChI=1S/C12H12F3N3O2S/c1-8(9-6-16-17-7-9)18-10-4-2-3-5-11(10)21(19,20)12(13,14)15/h2-8,18H,1H3,(H,16,17). The highest BCUT2D eigenvalue weighted by Crippen LogP contribution is 2.35. The second-order valence-electron chi connectivity index (χ2n) is 4.34. The van der Waals surface area contributed by atoms with Crippen molar-refractivity contribution in [2.24, 2.45) is 0 Å². The Balaban J connectivity index is 2.39. The van der Waals surface area contributed by atoms with E-state index in [1.165, 1.54) is 24.4 Å². The van der Waals surface area contributed by atoms with Crippen molar-refractivity contribution < 1.29 is 21.6 Å². The molecule has 0 saturated heterocycles. The molecule has 1 unspecified atom stereocenters. The van der Waals surface area contributed by atoms with Gasteiger partial charge in [0.05, 0.1) is 22.8 Å². The molecule has 2 rings (SSSR count). The third-order valence-corrected chi connectivity index (χ3v) is 4.42. The molecular weight excluding hydrogens is 307 g/mol. The van der Waals surface area contributed by atoms with Gasteiger partial charge in [0.2, 0.25) is 0 Å². The molecule has 1 atom stereocenters. The summed E-state index contributed by atoms with van der Waals surface area (Å²) in [4.78, 5) is -0.798. The van der Waals surface area contributed by atoms with Gasteiger partial charge in [-0.05, 0) is 19.1 Å². The van der Waals surface area contributed by atoms with Gasteiger partial charge in [0.25, 0.3) is 9.84 Å². The minimum atomic E-state index is -5.41. The maximum Gasteiger partial charge on any atom is 0.501 e. The van der Waals surface area contributed by atoms with Gasteiger partial charge in [-0.25, -0.2) is 8.42 Å². The van der Waals surface area contributed by atoms with Crippen LogP contribution in [0.25, 0.3) is 0 Å². The Morgan fingerprint density at radius 3 is 2.52 bits per heavy atom. The molecule has 0 fully saturated rings. The molecular formula is C12H12F3N3O2S. The zero-order valence-electron chi connectivity index (χ0n) is 10.8. The van der Waals surface area contributed by atoms with Gasteiger partial charge in [0.1, 0.15) is 0 Å². The normalized spacial score (nSPS) is 13.9. The second kappa shape index (κ2) is 5.40. The largest absolute Gasteiger partial charge is 0.501 e. The molecule has 0 amide bonds. The zero-order chi connectivity index (χ0) is 15.7. The Hall–Kier alpha value is -2.03. The van der Waals surface area contributed by atoms with Gasteiger partial charge < -0.3 is 5.32 Å². The summed E-state index contributed by atoms with van der Waals surface area (Å²) >= 11 is 0. The maximum absolute atomic E-state index is 12.7. The smallest absolute Gasteiger partial charge is 0.377 e. The van der Waals surface area contributed by atoms with E-state index in [0.717, 1.165) is 6.07 Å². The highest BCUT2D eigenvalue weighted by Gasteiger charge is 2.47. The molecule has 1 aromatic heterocycles. The topological polar surface area (TPSA) is 74.8 Å². The number of halogens is 3. The fraction of sp³-hybridized carbons (Fsp3) is 0.250. The maximum atomic E-state index is 12.7. The number of nitrogens with one attached hydrogen (secondary N) is 2. The summed E-state index contributed by atoms with van der Waals surface area (Å²) < 4.78 is 61.2. The number of para-hydroxylation sites is 1. The van der Waals surface area contributed by atoms with Gasteiger partial charge in [-0.15, -0.1) is 0 Å². The molecule has 1 heterocycles. The number of aromatic nitrogens is 2. The molecule has 0 aliphatic heterocycles. The average molecular weight is 319 g/mol. The highest BCUT2D eigenvalue weighted by molar-refractivity contribution is 7.92. The van der Waals surface area contributed by atoms with E-state index in [9.17, 15) is 21.6 Å². The number of hydrogen-bond donors (Lipinski definition) is 2. The monoisotopic (exact) mass is 319 g/mol. The van der Waals surface area contributed by atoms with E-state index in [0.29, 0.717) is 5.56 Å². The Kier molecular flexibility index (Phi) is 3.95. The zero-order valence-corrected chi connectivity index (χ0v) is 11.7. The van der Waals surface area contributed by atoms with Gasteiger partial charge in [-0.2, -0.15) is 18.3 Å². The molecule has 1 aromatic carbocycles. The predicted octanol–water partition coefficient (Wildman–Crippen LogP) is 2.88. The first kappa shape index (κ1) is 15.4. The molecule has 0 aliphatic rings. The van der Waals surface area contributed by atoms with Crippen LogP contribution in [0.5, 0.6) is 0 Å². The summed E-state index contributed by atoms with van der Waals surface area (Å²) in [6, 6.07) is 4.50. The van der Waals surface area contributed by atoms with Crippen LogP contribution in [0, 0.1) is 0 Å². The molecule has 2 aromatic rings. The number of hydrogen-bond acceptors (Lipinski definition) is 4. The quantitative estimate of drug-likeness (QED) is 0.908. The van der Waals surface area contributed by atoms with E-state index in [1.54, 1.807) is 13.1 Å². The lowest BCUT2D eigenvalue weighted by atomic mass is 10.2. The summed E-state index contributed by atoms with van der Waals surface area (Å²) in [6.07, 6.45) is 3.07. The van der Waals surface area contributed by atoms with E-state index >= 15 is 0 Å². The van der Waals surface area contributed by atoms with E-state index in [-0.39, 0.29) is 5.69 Å². The number of sulfone groups is 1. The minimum absolute atomic E-state index is 0.108.